The first-order valence-corrected chi connectivity index (χ1v) is 8.85. The Morgan fingerprint density at radius 1 is 1.20 bits per heavy atom. The van der Waals surface area contributed by atoms with Crippen LogP contribution in [-0.2, 0) is 0 Å². The summed E-state index contributed by atoms with van der Waals surface area (Å²) in [4.78, 5) is 24.2. The number of anilines is 1. The van der Waals surface area contributed by atoms with Crippen LogP contribution in [0.25, 0.3) is 16.7 Å². The molecule has 0 bridgehead atoms. The molecule has 30 heavy (non-hydrogen) atoms. The number of fused-ring (bicyclic) bond motifs is 3. The van der Waals surface area contributed by atoms with Gasteiger partial charge in [0.05, 0.1) is 17.0 Å². The number of pyridine rings is 1. The van der Waals surface area contributed by atoms with Crippen LogP contribution in [0.1, 0.15) is 46.7 Å². The molecule has 0 saturated carbocycles. The number of alkyl halides is 2. The van der Waals surface area contributed by atoms with Crippen LogP contribution < -0.4 is 5.32 Å². The molecule has 0 unspecified atom stereocenters. The quantitative estimate of drug-likeness (QED) is 0.508. The molecule has 4 rings (SSSR count). The minimum Gasteiger partial charge on any atom is -0.478 e. The third kappa shape index (κ3) is 3.17. The number of aromatic carboxylic acids is 1. The molecule has 1 atom stereocenters. The molecule has 1 aromatic carbocycles. The number of nitrogens with zero attached hydrogens (tertiary/aromatic N) is 5. The molecule has 0 spiro atoms. The van der Waals surface area contributed by atoms with Crippen LogP contribution in [-0.4, -0.2) is 35.6 Å². The number of benzene rings is 1. The summed E-state index contributed by atoms with van der Waals surface area (Å²) in [5.74, 6) is -1.66. The maximum Gasteiger partial charge on any atom is 0.339 e. The third-order valence-electron chi connectivity index (χ3n) is 4.66. The van der Waals surface area contributed by atoms with E-state index in [1.807, 2.05) is 0 Å². The Balaban J connectivity index is 1.86. The van der Waals surface area contributed by atoms with Gasteiger partial charge in [0.25, 0.3) is 6.43 Å². The Labute approximate surface area is 167 Å². The van der Waals surface area contributed by atoms with Crippen molar-refractivity contribution in [2.24, 2.45) is 0 Å². The fourth-order valence-corrected chi connectivity index (χ4v) is 3.27. The topological polar surface area (TPSA) is 105 Å². The molecule has 3 aromatic heterocycles. The second-order valence-corrected chi connectivity index (χ2v) is 6.63. The van der Waals surface area contributed by atoms with E-state index < -0.39 is 29.8 Å². The average molecular weight is 416 g/mol. The highest BCUT2D eigenvalue weighted by Crippen LogP contribution is 2.31. The van der Waals surface area contributed by atoms with Crippen molar-refractivity contribution >= 4 is 28.5 Å². The number of carbonyl (C=O) groups is 1. The Hall–Kier alpha value is -3.76. The summed E-state index contributed by atoms with van der Waals surface area (Å²) in [6.45, 7) is 3.21. The van der Waals surface area contributed by atoms with Gasteiger partial charge in [-0.1, -0.05) is 18.2 Å². The fourth-order valence-electron chi connectivity index (χ4n) is 3.27. The van der Waals surface area contributed by atoms with Gasteiger partial charge in [-0.15, -0.1) is 0 Å². The summed E-state index contributed by atoms with van der Waals surface area (Å²) in [6.07, 6.45) is -1.74. The highest BCUT2D eigenvalue weighted by molar-refractivity contribution is 6.01. The summed E-state index contributed by atoms with van der Waals surface area (Å²) in [5.41, 5.74) is -0.367. The number of nitrogens with one attached hydrogen (secondary N) is 1. The Kier molecular flexibility index (Phi) is 4.72. The third-order valence-corrected chi connectivity index (χ3v) is 4.66. The van der Waals surface area contributed by atoms with E-state index in [0.717, 1.165) is 6.07 Å². The zero-order chi connectivity index (χ0) is 21.6. The van der Waals surface area contributed by atoms with Gasteiger partial charge in [0.1, 0.15) is 29.4 Å². The number of halogens is 3. The van der Waals surface area contributed by atoms with Gasteiger partial charge >= 0.3 is 5.97 Å². The standard InChI is InChI=1S/C19H15F3N6O2/c1-8(10-4-3-5-11(14(10)20)15(21)22)25-16-12-6-13(19(29)30)17-23-7-24-28(17)18(12)27-9(2)26-16/h3-8,15H,1-2H3,(H,29,30)(H,25,26,27)/t8-/m1/s1. The first kappa shape index (κ1) is 19.6. The molecular formula is C19H15F3N6O2. The van der Waals surface area contributed by atoms with E-state index in [0.29, 0.717) is 16.9 Å². The first-order chi connectivity index (χ1) is 14.3. The molecule has 8 nitrogen and oxygen atoms in total. The van der Waals surface area contributed by atoms with Crippen LogP contribution in [0.5, 0.6) is 0 Å². The van der Waals surface area contributed by atoms with Gasteiger partial charge in [0, 0.05) is 5.56 Å². The van der Waals surface area contributed by atoms with Gasteiger partial charge in [-0.25, -0.2) is 32.9 Å². The number of carboxylic acids is 1. The molecule has 0 aliphatic carbocycles. The molecule has 11 heteroatoms. The van der Waals surface area contributed by atoms with Gasteiger partial charge in [0.2, 0.25) is 0 Å². The van der Waals surface area contributed by atoms with Crippen molar-refractivity contribution in [2.75, 3.05) is 5.32 Å². The smallest absolute Gasteiger partial charge is 0.339 e. The molecule has 3 heterocycles. The predicted octanol–water partition coefficient (Wildman–Crippen LogP) is 3.93. The molecule has 0 radical (unpaired) electrons. The minimum atomic E-state index is -2.95. The number of hydrogen-bond acceptors (Lipinski definition) is 6. The number of aryl methyl sites for hydroxylation is 1. The van der Waals surface area contributed by atoms with Crippen LogP contribution >= 0.6 is 0 Å². The summed E-state index contributed by atoms with van der Waals surface area (Å²) in [5, 5.41) is 16.9. The Bertz CT molecular complexity index is 1290. The zero-order valence-corrected chi connectivity index (χ0v) is 15.8. The second kappa shape index (κ2) is 7.25. The summed E-state index contributed by atoms with van der Waals surface area (Å²) in [7, 11) is 0. The molecule has 0 fully saturated rings. The Morgan fingerprint density at radius 2 is 1.93 bits per heavy atom. The normalized spacial score (nSPS) is 12.6. The van der Waals surface area contributed by atoms with Gasteiger partial charge < -0.3 is 10.4 Å². The number of aromatic nitrogens is 5. The minimum absolute atomic E-state index is 0.0255. The molecule has 0 aliphatic heterocycles. The van der Waals surface area contributed by atoms with Crippen LogP contribution in [0.3, 0.4) is 0 Å². The van der Waals surface area contributed by atoms with Crippen molar-refractivity contribution < 1.29 is 23.1 Å². The molecule has 0 amide bonds. The van der Waals surface area contributed by atoms with Crippen LogP contribution in [0.4, 0.5) is 19.0 Å². The molecular weight excluding hydrogens is 401 g/mol. The lowest BCUT2D eigenvalue weighted by Gasteiger charge is -2.19. The van der Waals surface area contributed by atoms with Crippen LogP contribution in [0.2, 0.25) is 0 Å². The van der Waals surface area contributed by atoms with Gasteiger partial charge in [0.15, 0.2) is 11.3 Å². The van der Waals surface area contributed by atoms with E-state index in [9.17, 15) is 23.1 Å². The molecule has 0 aliphatic rings. The van der Waals surface area contributed by atoms with Crippen molar-refractivity contribution in [2.45, 2.75) is 26.3 Å². The Morgan fingerprint density at radius 3 is 2.63 bits per heavy atom. The average Bonchev–Trinajstić information content (AvgIpc) is 3.17. The highest BCUT2D eigenvalue weighted by Gasteiger charge is 2.22. The van der Waals surface area contributed by atoms with Crippen molar-refractivity contribution in [3.8, 4) is 0 Å². The van der Waals surface area contributed by atoms with Gasteiger partial charge in [-0.3, -0.25) is 0 Å². The number of carboxylic acid groups (broad SMARTS) is 1. The number of hydrogen-bond donors (Lipinski definition) is 2. The monoisotopic (exact) mass is 416 g/mol. The van der Waals surface area contributed by atoms with Gasteiger partial charge in [-0.05, 0) is 19.9 Å². The maximum absolute atomic E-state index is 14.6. The fraction of sp³-hybridized carbons (Fsp3) is 0.211. The molecule has 4 aromatic rings. The lowest BCUT2D eigenvalue weighted by atomic mass is 10.0. The summed E-state index contributed by atoms with van der Waals surface area (Å²) >= 11 is 0. The predicted molar refractivity (Wildman–Crippen MR) is 101 cm³/mol. The first-order valence-electron chi connectivity index (χ1n) is 8.85. The zero-order valence-electron chi connectivity index (χ0n) is 15.8. The van der Waals surface area contributed by atoms with E-state index in [1.165, 1.54) is 29.0 Å². The number of rotatable bonds is 5. The van der Waals surface area contributed by atoms with E-state index in [2.05, 4.69) is 25.4 Å². The van der Waals surface area contributed by atoms with E-state index in [-0.39, 0.29) is 22.6 Å². The highest BCUT2D eigenvalue weighted by atomic mass is 19.3. The lowest BCUT2D eigenvalue weighted by Crippen LogP contribution is -2.13. The molecule has 154 valence electrons. The molecule has 0 saturated heterocycles. The van der Waals surface area contributed by atoms with Crippen molar-refractivity contribution in [3.63, 3.8) is 0 Å². The SMILES string of the molecule is Cc1nc(N[C@H](C)c2cccc(C(F)F)c2F)c2cc(C(=O)O)c3ncnn3c2n1. The van der Waals surface area contributed by atoms with Crippen molar-refractivity contribution in [1.29, 1.82) is 0 Å². The van der Waals surface area contributed by atoms with Crippen LogP contribution in [0.15, 0.2) is 30.6 Å². The maximum atomic E-state index is 14.6. The van der Waals surface area contributed by atoms with Crippen LogP contribution in [0, 0.1) is 12.7 Å². The second-order valence-electron chi connectivity index (χ2n) is 6.63. The lowest BCUT2D eigenvalue weighted by molar-refractivity contribution is 0.0698. The van der Waals surface area contributed by atoms with Crippen molar-refractivity contribution in [1.82, 2.24) is 24.6 Å². The van der Waals surface area contributed by atoms with E-state index in [4.69, 9.17) is 0 Å². The summed E-state index contributed by atoms with van der Waals surface area (Å²) in [6, 6.07) is 4.38. The largest absolute Gasteiger partial charge is 0.478 e. The molecule has 2 N–H and O–H groups in total. The summed E-state index contributed by atoms with van der Waals surface area (Å²) < 4.78 is 41.9. The van der Waals surface area contributed by atoms with Gasteiger partial charge in [-0.2, -0.15) is 9.61 Å². The van der Waals surface area contributed by atoms with E-state index in [1.54, 1.807) is 13.8 Å². The van der Waals surface area contributed by atoms with Crippen molar-refractivity contribution in [3.05, 3.63) is 58.9 Å². The van der Waals surface area contributed by atoms with E-state index >= 15 is 0 Å².